The van der Waals surface area contributed by atoms with Gasteiger partial charge in [-0.3, -0.25) is 4.79 Å². The van der Waals surface area contributed by atoms with Crippen molar-refractivity contribution in [2.45, 2.75) is 51.7 Å². The van der Waals surface area contributed by atoms with E-state index in [0.717, 1.165) is 41.0 Å². The molecule has 0 saturated carbocycles. The van der Waals surface area contributed by atoms with Crippen LogP contribution in [-0.4, -0.2) is 43.6 Å². The Kier molecular flexibility index (Phi) is 9.95. The summed E-state index contributed by atoms with van der Waals surface area (Å²) in [7, 11) is 0. The Labute approximate surface area is 201 Å². The molecule has 178 valence electrons. The average Bonchev–Trinajstić information content (AvgIpc) is 2.82. The van der Waals surface area contributed by atoms with Gasteiger partial charge < -0.3 is 19.3 Å². The van der Waals surface area contributed by atoms with Crippen molar-refractivity contribution in [2.75, 3.05) is 26.4 Å². The molecule has 0 radical (unpaired) electrons. The Balaban J connectivity index is 1.84. The van der Waals surface area contributed by atoms with Gasteiger partial charge in [0.1, 0.15) is 12.7 Å². The summed E-state index contributed by atoms with van der Waals surface area (Å²) in [5.74, 6) is -0.321. The molecule has 0 unspecified atom stereocenters. The van der Waals surface area contributed by atoms with Gasteiger partial charge in [0.25, 0.3) is 0 Å². The van der Waals surface area contributed by atoms with Crippen LogP contribution in [0.15, 0.2) is 48.6 Å². The highest BCUT2D eigenvalue weighted by molar-refractivity contribution is 6.31. The fraction of sp³-hybridized carbons (Fsp3) is 0.444. The molecule has 0 spiro atoms. The summed E-state index contributed by atoms with van der Waals surface area (Å²) < 4.78 is 16.9. The molecule has 1 aliphatic rings. The van der Waals surface area contributed by atoms with Gasteiger partial charge in [-0.25, -0.2) is 0 Å². The Morgan fingerprint density at radius 3 is 2.61 bits per heavy atom. The molecule has 6 heteroatoms. The van der Waals surface area contributed by atoms with E-state index in [0.29, 0.717) is 19.6 Å². The Bertz CT molecular complexity index is 938. The van der Waals surface area contributed by atoms with Gasteiger partial charge in [0, 0.05) is 11.9 Å². The van der Waals surface area contributed by atoms with Gasteiger partial charge >= 0.3 is 5.97 Å². The lowest BCUT2D eigenvalue weighted by Gasteiger charge is -2.28. The smallest absolute Gasteiger partial charge is 0.302 e. The number of rotatable bonds is 11. The summed E-state index contributed by atoms with van der Waals surface area (Å²) in [6.45, 7) is 4.53. The van der Waals surface area contributed by atoms with Crippen molar-refractivity contribution in [2.24, 2.45) is 0 Å². The molecule has 1 heterocycles. The number of benzene rings is 2. The maximum Gasteiger partial charge on any atom is 0.302 e. The molecule has 33 heavy (non-hydrogen) atoms. The number of carbonyl (C=O) groups is 1. The van der Waals surface area contributed by atoms with E-state index in [9.17, 15) is 4.79 Å². The molecule has 0 saturated heterocycles. The normalized spacial score (nSPS) is 17.8. The van der Waals surface area contributed by atoms with E-state index in [1.165, 1.54) is 18.1 Å². The molecular weight excluding hydrogens is 440 g/mol. The minimum Gasteiger partial charge on any atom is -0.463 e. The van der Waals surface area contributed by atoms with E-state index >= 15 is 0 Å². The SMILES string of the molecule is CCc1ccc(Cc2cc([C@@H]3CC=C[C@H](COC(C)=O)O3)c(CCOCCO)cc2Cl)cc1. The second-order valence-electron chi connectivity index (χ2n) is 8.20. The zero-order valence-corrected chi connectivity index (χ0v) is 20.1. The Morgan fingerprint density at radius 2 is 1.91 bits per heavy atom. The van der Waals surface area contributed by atoms with Crippen molar-refractivity contribution in [3.05, 3.63) is 81.4 Å². The van der Waals surface area contributed by atoms with Gasteiger partial charge in [0.05, 0.1) is 25.9 Å². The van der Waals surface area contributed by atoms with Gasteiger partial charge in [0.15, 0.2) is 0 Å². The van der Waals surface area contributed by atoms with Crippen molar-refractivity contribution in [3.8, 4) is 0 Å². The van der Waals surface area contributed by atoms with Crippen molar-refractivity contribution in [3.63, 3.8) is 0 Å². The molecule has 2 atom stereocenters. The van der Waals surface area contributed by atoms with Crippen LogP contribution in [0.1, 0.15) is 54.2 Å². The molecule has 2 aromatic rings. The summed E-state index contributed by atoms with van der Waals surface area (Å²) in [4.78, 5) is 11.2. The van der Waals surface area contributed by atoms with E-state index in [1.807, 2.05) is 12.1 Å². The highest BCUT2D eigenvalue weighted by Crippen LogP contribution is 2.34. The van der Waals surface area contributed by atoms with Crippen LogP contribution >= 0.6 is 11.6 Å². The topological polar surface area (TPSA) is 65.0 Å². The maximum absolute atomic E-state index is 11.2. The minimum absolute atomic E-state index is 0.00225. The van der Waals surface area contributed by atoms with Gasteiger partial charge in [-0.2, -0.15) is 0 Å². The van der Waals surface area contributed by atoms with E-state index in [4.69, 9.17) is 30.9 Å². The quantitative estimate of drug-likeness (QED) is 0.283. The van der Waals surface area contributed by atoms with Crippen LogP contribution in [0.3, 0.4) is 0 Å². The van der Waals surface area contributed by atoms with Gasteiger partial charge in [-0.05, 0) is 59.6 Å². The van der Waals surface area contributed by atoms with Crippen molar-refractivity contribution < 1.29 is 24.1 Å². The first-order valence-corrected chi connectivity index (χ1v) is 11.9. The molecular formula is C27H33ClO5. The summed E-state index contributed by atoms with van der Waals surface area (Å²) in [5, 5.41) is 9.71. The molecule has 3 rings (SSSR count). The second-order valence-corrected chi connectivity index (χ2v) is 8.61. The van der Waals surface area contributed by atoms with Gasteiger partial charge in [0.2, 0.25) is 0 Å². The monoisotopic (exact) mass is 472 g/mol. The third-order valence-corrected chi connectivity index (χ3v) is 6.07. The van der Waals surface area contributed by atoms with Crippen molar-refractivity contribution in [1.29, 1.82) is 0 Å². The first kappa shape index (κ1) is 25.4. The molecule has 1 aliphatic heterocycles. The average molecular weight is 473 g/mol. The van der Waals surface area contributed by atoms with Crippen LogP contribution in [0.5, 0.6) is 0 Å². The van der Waals surface area contributed by atoms with Crippen LogP contribution in [0, 0.1) is 0 Å². The number of hydrogen-bond acceptors (Lipinski definition) is 5. The van der Waals surface area contributed by atoms with E-state index in [-0.39, 0.29) is 31.4 Å². The number of aryl methyl sites for hydroxylation is 1. The zero-order valence-electron chi connectivity index (χ0n) is 19.4. The second kappa shape index (κ2) is 12.9. The summed E-state index contributed by atoms with van der Waals surface area (Å²) >= 11 is 6.71. The Hall–Kier alpha value is -2.18. The largest absolute Gasteiger partial charge is 0.463 e. The highest BCUT2D eigenvalue weighted by atomic mass is 35.5. The predicted octanol–water partition coefficient (Wildman–Crippen LogP) is 4.99. The predicted molar refractivity (Wildman–Crippen MR) is 130 cm³/mol. The van der Waals surface area contributed by atoms with Gasteiger partial charge in [-0.1, -0.05) is 61.0 Å². The molecule has 1 N–H and O–H groups in total. The number of carbonyl (C=O) groups excluding carboxylic acids is 1. The summed E-state index contributed by atoms with van der Waals surface area (Å²) in [6, 6.07) is 12.8. The number of ether oxygens (including phenoxy) is 3. The van der Waals surface area contributed by atoms with Crippen LogP contribution in [-0.2, 0) is 38.3 Å². The van der Waals surface area contributed by atoms with Crippen molar-refractivity contribution >= 4 is 17.6 Å². The molecule has 0 bridgehead atoms. The third kappa shape index (κ3) is 7.68. The molecule has 5 nitrogen and oxygen atoms in total. The van der Waals surface area contributed by atoms with Crippen LogP contribution < -0.4 is 0 Å². The molecule has 2 aromatic carbocycles. The molecule has 0 fully saturated rings. The summed E-state index contributed by atoms with van der Waals surface area (Å²) in [6.07, 6.45) is 6.71. The zero-order chi connectivity index (χ0) is 23.6. The lowest BCUT2D eigenvalue weighted by Crippen LogP contribution is -2.25. The Morgan fingerprint density at radius 1 is 1.15 bits per heavy atom. The number of aliphatic hydroxyl groups is 1. The number of halogens is 1. The van der Waals surface area contributed by atoms with E-state index in [2.05, 4.69) is 43.3 Å². The lowest BCUT2D eigenvalue weighted by molar-refractivity contribution is -0.145. The molecule has 0 aromatic heterocycles. The van der Waals surface area contributed by atoms with E-state index in [1.54, 1.807) is 0 Å². The third-order valence-electron chi connectivity index (χ3n) is 5.72. The first-order valence-electron chi connectivity index (χ1n) is 11.5. The molecule has 0 amide bonds. The standard InChI is InChI=1S/C27H33ClO5/c1-3-20-7-9-21(10-8-20)15-23-16-25(22(17-26(23)28)11-13-31-14-12-29)27-6-4-5-24(33-27)18-32-19(2)30/h4-5,7-10,16-17,24,27,29H,3,6,11-15,18H2,1-2H3/t24-,27+/m1/s1. The van der Waals surface area contributed by atoms with E-state index < -0.39 is 0 Å². The van der Waals surface area contributed by atoms with Crippen LogP contribution in [0.2, 0.25) is 5.02 Å². The van der Waals surface area contributed by atoms with Crippen LogP contribution in [0.4, 0.5) is 0 Å². The number of esters is 1. The number of hydrogen-bond donors (Lipinski definition) is 1. The minimum atomic E-state index is -0.321. The summed E-state index contributed by atoms with van der Waals surface area (Å²) in [5.41, 5.74) is 5.70. The van der Waals surface area contributed by atoms with Crippen molar-refractivity contribution in [1.82, 2.24) is 0 Å². The van der Waals surface area contributed by atoms with Gasteiger partial charge in [-0.15, -0.1) is 0 Å². The maximum atomic E-state index is 11.2. The highest BCUT2D eigenvalue weighted by Gasteiger charge is 2.24. The fourth-order valence-electron chi connectivity index (χ4n) is 3.95. The first-order chi connectivity index (χ1) is 16.0. The lowest BCUT2D eigenvalue weighted by atomic mass is 9.92. The molecule has 0 aliphatic carbocycles. The van der Waals surface area contributed by atoms with Crippen LogP contribution in [0.25, 0.3) is 0 Å². The fourth-order valence-corrected chi connectivity index (χ4v) is 4.21. The number of aliphatic hydroxyl groups excluding tert-OH is 1.